The van der Waals surface area contributed by atoms with Crippen molar-refractivity contribution in [3.05, 3.63) is 66.1 Å². The predicted octanol–water partition coefficient (Wildman–Crippen LogP) is 3.65. The van der Waals surface area contributed by atoms with Crippen LogP contribution >= 0.6 is 0 Å². The highest BCUT2D eigenvalue weighted by Gasteiger charge is 2.33. The van der Waals surface area contributed by atoms with Gasteiger partial charge < -0.3 is 24.9 Å². The van der Waals surface area contributed by atoms with Crippen molar-refractivity contribution in [1.82, 2.24) is 15.6 Å². The van der Waals surface area contributed by atoms with Crippen molar-refractivity contribution in [3.8, 4) is 0 Å². The number of nitrogens with zero attached hydrogens (tertiary/aromatic N) is 1. The molecule has 2 amide bonds. The van der Waals surface area contributed by atoms with Crippen molar-refractivity contribution < 1.29 is 32.3 Å². The molecule has 0 radical (unpaired) electrons. The van der Waals surface area contributed by atoms with Crippen LogP contribution in [-0.2, 0) is 25.1 Å². The van der Waals surface area contributed by atoms with Gasteiger partial charge in [0.25, 0.3) is 0 Å². The van der Waals surface area contributed by atoms with Gasteiger partial charge >= 0.3 is 6.09 Å². The van der Waals surface area contributed by atoms with Gasteiger partial charge in [0.15, 0.2) is 21.5 Å². The third-order valence-corrected chi connectivity index (χ3v) is 7.14. The van der Waals surface area contributed by atoms with E-state index in [1.165, 1.54) is 0 Å². The zero-order valence-corrected chi connectivity index (χ0v) is 22.8. The topological polar surface area (TPSA) is 148 Å². The normalized spacial score (nSPS) is 14.4. The van der Waals surface area contributed by atoms with E-state index in [9.17, 15) is 23.1 Å². The number of hydrogen-bond donors (Lipinski definition) is 3. The van der Waals surface area contributed by atoms with Gasteiger partial charge in [-0.05, 0) is 44.9 Å². The van der Waals surface area contributed by atoms with E-state index >= 15 is 0 Å². The van der Waals surface area contributed by atoms with Gasteiger partial charge in [-0.1, -0.05) is 55.8 Å². The molecule has 0 aliphatic rings. The fraction of sp³-hybridized carbons (Fsp3) is 0.444. The lowest BCUT2D eigenvalue weighted by Gasteiger charge is -2.26. The van der Waals surface area contributed by atoms with Crippen LogP contribution in [0.3, 0.4) is 0 Å². The summed E-state index contributed by atoms with van der Waals surface area (Å²) in [5.74, 6) is -1.72. The quantitative estimate of drug-likeness (QED) is 0.331. The van der Waals surface area contributed by atoms with Gasteiger partial charge in [0, 0.05) is 0 Å². The molecule has 11 heteroatoms. The molecule has 38 heavy (non-hydrogen) atoms. The van der Waals surface area contributed by atoms with E-state index in [2.05, 4.69) is 15.6 Å². The van der Waals surface area contributed by atoms with Crippen molar-refractivity contribution in [2.24, 2.45) is 0 Å². The average molecular weight is 546 g/mol. The summed E-state index contributed by atoms with van der Waals surface area (Å²) in [7, 11) is -3.83. The molecule has 0 spiro atoms. The highest BCUT2D eigenvalue weighted by Crippen LogP contribution is 2.24. The third kappa shape index (κ3) is 8.56. The lowest BCUT2D eigenvalue weighted by atomic mass is 10.0. The monoisotopic (exact) mass is 545 g/mol. The number of oxazole rings is 1. The fourth-order valence-corrected chi connectivity index (χ4v) is 5.43. The van der Waals surface area contributed by atoms with E-state index < -0.39 is 51.4 Å². The van der Waals surface area contributed by atoms with Crippen molar-refractivity contribution in [3.63, 3.8) is 0 Å². The van der Waals surface area contributed by atoms with Gasteiger partial charge in [-0.15, -0.1) is 0 Å². The number of aliphatic hydroxyl groups is 1. The zero-order chi connectivity index (χ0) is 27.9. The smallest absolute Gasteiger partial charge is 0.408 e. The highest BCUT2D eigenvalue weighted by molar-refractivity contribution is 7.90. The van der Waals surface area contributed by atoms with Crippen LogP contribution in [0.1, 0.15) is 58.1 Å². The first-order valence-corrected chi connectivity index (χ1v) is 14.3. The number of rotatable bonds is 11. The fourth-order valence-electron chi connectivity index (χ4n) is 3.87. The van der Waals surface area contributed by atoms with E-state index in [4.69, 9.17) is 9.15 Å². The number of hydrogen-bond acceptors (Lipinski definition) is 8. The van der Waals surface area contributed by atoms with E-state index in [0.717, 1.165) is 0 Å². The number of carbonyl (C=O) groups is 2. The molecular weight excluding hydrogens is 510 g/mol. The van der Waals surface area contributed by atoms with Crippen molar-refractivity contribution in [2.45, 2.75) is 70.1 Å². The molecule has 1 heterocycles. The summed E-state index contributed by atoms with van der Waals surface area (Å²) in [6.07, 6.45) is -1.28. The maximum atomic E-state index is 13.4. The molecule has 2 aromatic carbocycles. The number of para-hydroxylation sites is 2. The molecule has 0 aliphatic heterocycles. The molecular formula is C27H35N3O7S. The van der Waals surface area contributed by atoms with Crippen LogP contribution in [0.2, 0.25) is 0 Å². The molecule has 0 fully saturated rings. The molecule has 206 valence electrons. The maximum absolute atomic E-state index is 13.4. The summed E-state index contributed by atoms with van der Waals surface area (Å²) in [4.78, 5) is 30.2. The minimum absolute atomic E-state index is 0.0262. The Morgan fingerprint density at radius 2 is 1.71 bits per heavy atom. The molecule has 3 aromatic rings. The Hall–Kier alpha value is -3.44. The Balaban J connectivity index is 1.81. The lowest BCUT2D eigenvalue weighted by Crippen LogP contribution is -2.54. The number of aliphatic hydroxyl groups excluding tert-OH is 1. The maximum Gasteiger partial charge on any atom is 0.408 e. The van der Waals surface area contributed by atoms with E-state index in [-0.39, 0.29) is 11.6 Å². The van der Waals surface area contributed by atoms with Gasteiger partial charge in [-0.25, -0.2) is 18.2 Å². The first-order valence-electron chi connectivity index (χ1n) is 12.4. The van der Waals surface area contributed by atoms with Crippen molar-refractivity contribution in [2.75, 3.05) is 5.75 Å². The van der Waals surface area contributed by atoms with Crippen molar-refractivity contribution >= 4 is 32.9 Å². The Labute approximate surface area is 222 Å². The molecule has 10 nitrogen and oxygen atoms in total. The van der Waals surface area contributed by atoms with Gasteiger partial charge in [0.2, 0.25) is 11.8 Å². The summed E-state index contributed by atoms with van der Waals surface area (Å²) < 4.78 is 36.9. The number of carbonyl (C=O) groups excluding carboxylic acids is 2. The number of fused-ring (bicyclic) bond motifs is 1. The second-order valence-electron chi connectivity index (χ2n) is 10.1. The average Bonchev–Trinajstić information content (AvgIpc) is 3.26. The standard InChI is InChI=1S/C27H35N3O7S/c1-5-11-20(23(31)25-29-19-14-9-10-15-22(19)36-25)28-24(32)21(30-26(33)37-27(2,3)4)17-38(34,35)16-18-12-7-6-8-13-18/h6-10,12-15,20-21,23,31H,5,11,16-17H2,1-4H3,(H,28,32)(H,30,33)/t20-,21-,23?/m0/s1. The Morgan fingerprint density at radius 3 is 2.34 bits per heavy atom. The van der Waals surface area contributed by atoms with E-state index in [1.807, 2.05) is 6.92 Å². The number of sulfone groups is 1. The Bertz CT molecular complexity index is 1300. The number of nitrogens with one attached hydrogen (secondary N) is 2. The zero-order valence-electron chi connectivity index (χ0n) is 22.0. The summed E-state index contributed by atoms with van der Waals surface area (Å²) in [5.41, 5.74) is 0.737. The number of amides is 2. The minimum Gasteiger partial charge on any atom is -0.444 e. The molecule has 0 aliphatic carbocycles. The second-order valence-corrected chi connectivity index (χ2v) is 12.2. The molecule has 3 rings (SSSR count). The van der Waals surface area contributed by atoms with Crippen LogP contribution in [0.15, 0.2) is 59.0 Å². The molecule has 1 unspecified atom stereocenters. The highest BCUT2D eigenvalue weighted by atomic mass is 32.2. The molecule has 0 saturated carbocycles. The van der Waals surface area contributed by atoms with Gasteiger partial charge in [-0.2, -0.15) is 0 Å². The Kier molecular flexibility index (Phi) is 9.50. The SMILES string of the molecule is CCC[C@H](NC(=O)[C@H](CS(=O)(=O)Cc1ccccc1)NC(=O)OC(C)(C)C)C(O)c1nc2ccccc2o1. The van der Waals surface area contributed by atoms with Gasteiger partial charge in [-0.3, -0.25) is 4.79 Å². The number of aromatic nitrogens is 1. The molecule has 3 N–H and O–H groups in total. The van der Waals surface area contributed by atoms with Crippen LogP contribution in [0.4, 0.5) is 4.79 Å². The molecule has 1 aromatic heterocycles. The molecule has 0 saturated heterocycles. The largest absolute Gasteiger partial charge is 0.444 e. The van der Waals surface area contributed by atoms with Gasteiger partial charge in [0.05, 0.1) is 17.5 Å². The van der Waals surface area contributed by atoms with Crippen LogP contribution < -0.4 is 10.6 Å². The first kappa shape index (κ1) is 29.1. The number of alkyl carbamates (subject to hydrolysis) is 1. The van der Waals surface area contributed by atoms with Crippen LogP contribution in [0, 0.1) is 0 Å². The predicted molar refractivity (Wildman–Crippen MR) is 143 cm³/mol. The summed E-state index contributed by atoms with van der Waals surface area (Å²) in [5, 5.41) is 16.1. The van der Waals surface area contributed by atoms with Crippen LogP contribution in [-0.4, -0.2) is 53.9 Å². The summed E-state index contributed by atoms with van der Waals surface area (Å²) >= 11 is 0. The lowest BCUT2D eigenvalue weighted by molar-refractivity contribution is -0.124. The first-order chi connectivity index (χ1) is 17.9. The van der Waals surface area contributed by atoms with E-state index in [1.54, 1.807) is 75.4 Å². The number of ether oxygens (including phenoxy) is 1. The molecule has 0 bridgehead atoms. The second kappa shape index (κ2) is 12.4. The van der Waals surface area contributed by atoms with Crippen LogP contribution in [0.25, 0.3) is 11.1 Å². The third-order valence-electron chi connectivity index (χ3n) is 5.53. The summed E-state index contributed by atoms with van der Waals surface area (Å²) in [6.45, 7) is 6.84. The molecule has 3 atom stereocenters. The van der Waals surface area contributed by atoms with E-state index in [0.29, 0.717) is 29.5 Å². The van der Waals surface area contributed by atoms with Crippen molar-refractivity contribution in [1.29, 1.82) is 0 Å². The van der Waals surface area contributed by atoms with Crippen LogP contribution in [0.5, 0.6) is 0 Å². The van der Waals surface area contributed by atoms with Gasteiger partial charge in [0.1, 0.15) is 17.2 Å². The minimum atomic E-state index is -3.83. The Morgan fingerprint density at radius 1 is 1.05 bits per heavy atom. The number of benzene rings is 2. The summed E-state index contributed by atoms with van der Waals surface area (Å²) in [6, 6.07) is 13.2.